The average Bonchev–Trinajstić information content (AvgIpc) is 2.97. The maximum atomic E-state index is 13.3. The van der Waals surface area contributed by atoms with Crippen molar-refractivity contribution in [2.75, 3.05) is 25.5 Å². The Labute approximate surface area is 157 Å². The van der Waals surface area contributed by atoms with Gasteiger partial charge in [0, 0.05) is 6.04 Å². The van der Waals surface area contributed by atoms with Gasteiger partial charge in [-0.2, -0.15) is 18.4 Å². The van der Waals surface area contributed by atoms with Crippen LogP contribution in [-0.2, 0) is 0 Å². The number of pyridine rings is 1. The number of nitrogens with one attached hydrogen (secondary N) is 1. The van der Waals surface area contributed by atoms with E-state index in [-0.39, 0.29) is 22.9 Å². The fourth-order valence-corrected chi connectivity index (χ4v) is 3.71. The molecule has 2 aromatic rings. The summed E-state index contributed by atoms with van der Waals surface area (Å²) >= 11 is 3.38. The highest BCUT2D eigenvalue weighted by atomic mass is 79.9. The topological polar surface area (TPSA) is 69.8 Å². The number of fused-ring (bicyclic) bond motifs is 1. The van der Waals surface area contributed by atoms with Gasteiger partial charge in [0.15, 0.2) is 0 Å². The molecule has 6 nitrogen and oxygen atoms in total. The minimum absolute atomic E-state index is 0.194. The van der Waals surface area contributed by atoms with Gasteiger partial charge >= 0.3 is 6.18 Å². The molecule has 3 rings (SSSR count). The smallest absolute Gasteiger partial charge is 0.366 e. The molecule has 1 atom stereocenters. The summed E-state index contributed by atoms with van der Waals surface area (Å²) in [6.07, 6.45) is -1.25. The lowest BCUT2D eigenvalue weighted by Crippen LogP contribution is -2.37. The highest BCUT2D eigenvalue weighted by Crippen LogP contribution is 2.38. The van der Waals surface area contributed by atoms with Crippen LogP contribution in [0.2, 0.25) is 0 Å². The normalized spacial score (nSPS) is 18.0. The van der Waals surface area contributed by atoms with E-state index in [0.717, 1.165) is 37.4 Å². The molecule has 0 spiro atoms. The molecule has 26 heavy (non-hydrogen) atoms. The number of nitrogens with zero attached hydrogens (tertiary/aromatic N) is 5. The van der Waals surface area contributed by atoms with Crippen molar-refractivity contribution < 1.29 is 13.2 Å². The van der Waals surface area contributed by atoms with Crippen LogP contribution in [0.1, 0.15) is 31.6 Å². The molecule has 0 bridgehead atoms. The van der Waals surface area contributed by atoms with Gasteiger partial charge in [-0.25, -0.2) is 9.97 Å². The third-order valence-electron chi connectivity index (χ3n) is 4.69. The van der Waals surface area contributed by atoms with Crippen LogP contribution in [0.5, 0.6) is 0 Å². The van der Waals surface area contributed by atoms with Gasteiger partial charge in [-0.15, -0.1) is 0 Å². The fourth-order valence-electron chi connectivity index (χ4n) is 3.10. The zero-order valence-corrected chi connectivity index (χ0v) is 15.9. The summed E-state index contributed by atoms with van der Waals surface area (Å²) in [6.45, 7) is 2.90. The van der Waals surface area contributed by atoms with Crippen molar-refractivity contribution >= 4 is 32.8 Å². The van der Waals surface area contributed by atoms with E-state index in [1.54, 1.807) is 6.07 Å². The summed E-state index contributed by atoms with van der Waals surface area (Å²) < 4.78 is 41.2. The Bertz CT molecular complexity index is 848. The first-order chi connectivity index (χ1) is 12.2. The van der Waals surface area contributed by atoms with Crippen molar-refractivity contribution in [1.82, 2.24) is 19.4 Å². The molecule has 0 aliphatic carbocycles. The number of halogens is 4. The second-order valence-corrected chi connectivity index (χ2v) is 7.30. The highest BCUT2D eigenvalue weighted by molar-refractivity contribution is 9.10. The molecule has 0 aromatic carbocycles. The van der Waals surface area contributed by atoms with Crippen LogP contribution in [0, 0.1) is 11.3 Å². The van der Waals surface area contributed by atoms with Crippen LogP contribution in [0.25, 0.3) is 11.0 Å². The van der Waals surface area contributed by atoms with Crippen LogP contribution in [-0.4, -0.2) is 51.8 Å². The fraction of sp³-hybridized carbons (Fsp3) is 0.562. The van der Waals surface area contributed by atoms with Crippen molar-refractivity contribution in [2.24, 2.45) is 0 Å². The first-order valence-corrected chi connectivity index (χ1v) is 9.00. The third kappa shape index (κ3) is 3.50. The second-order valence-electron chi connectivity index (χ2n) is 6.51. The monoisotopic (exact) mass is 430 g/mol. The number of hydrogen-bond acceptors (Lipinski definition) is 5. The highest BCUT2D eigenvalue weighted by Gasteiger charge is 2.40. The molecule has 2 aromatic heterocycles. The molecule has 1 saturated heterocycles. The first-order valence-electron chi connectivity index (χ1n) is 8.20. The Balaban J connectivity index is 2.03. The summed E-state index contributed by atoms with van der Waals surface area (Å²) in [7, 11) is 2.05. The lowest BCUT2D eigenvalue weighted by atomic mass is 10.1. The second kappa shape index (κ2) is 7.04. The van der Waals surface area contributed by atoms with Gasteiger partial charge in [0.25, 0.3) is 0 Å². The number of likely N-dealkylation sites (tertiary alicyclic amines) is 1. The number of piperidine rings is 1. The standard InChI is InChI=1S/C16H18BrF3N6/c1-9(16(18,19)20)26-12(7-21)24-11-8-22-15(13(17)14(11)26)23-10-3-5-25(2)6-4-10/h8-10H,3-6H2,1-2H3,(H,22,23). The molecule has 0 radical (unpaired) electrons. The number of alkyl halides is 3. The summed E-state index contributed by atoms with van der Waals surface area (Å²) in [5.74, 6) is 0.177. The van der Waals surface area contributed by atoms with E-state index in [1.807, 2.05) is 0 Å². The number of imidazole rings is 1. The van der Waals surface area contributed by atoms with E-state index < -0.39 is 12.2 Å². The minimum Gasteiger partial charge on any atom is -0.366 e. The number of aromatic nitrogens is 3. The molecule has 3 heterocycles. The predicted octanol–water partition coefficient (Wildman–Crippen LogP) is 3.69. The Kier molecular flexibility index (Phi) is 5.12. The van der Waals surface area contributed by atoms with Gasteiger partial charge in [0.2, 0.25) is 5.82 Å². The van der Waals surface area contributed by atoms with Crippen molar-refractivity contribution in [3.05, 3.63) is 16.5 Å². The summed E-state index contributed by atoms with van der Waals surface area (Å²) in [6, 6.07) is 0.0643. The van der Waals surface area contributed by atoms with E-state index in [0.29, 0.717) is 10.3 Å². The molecule has 140 valence electrons. The van der Waals surface area contributed by atoms with Crippen LogP contribution >= 0.6 is 15.9 Å². The lowest BCUT2D eigenvalue weighted by molar-refractivity contribution is -0.162. The third-order valence-corrected chi connectivity index (χ3v) is 5.44. The van der Waals surface area contributed by atoms with Gasteiger partial charge in [-0.05, 0) is 55.8 Å². The Hall–Kier alpha value is -1.86. The molecule has 1 N–H and O–H groups in total. The Morgan fingerprint density at radius 2 is 2.04 bits per heavy atom. The summed E-state index contributed by atoms with van der Waals surface area (Å²) in [4.78, 5) is 10.5. The van der Waals surface area contributed by atoms with Crippen molar-refractivity contribution in [2.45, 2.75) is 38.0 Å². The summed E-state index contributed by atoms with van der Waals surface area (Å²) in [5, 5.41) is 12.5. The van der Waals surface area contributed by atoms with Gasteiger partial charge in [-0.1, -0.05) is 0 Å². The maximum absolute atomic E-state index is 13.3. The largest absolute Gasteiger partial charge is 0.408 e. The quantitative estimate of drug-likeness (QED) is 0.803. The van der Waals surface area contributed by atoms with E-state index in [9.17, 15) is 18.4 Å². The van der Waals surface area contributed by atoms with E-state index in [1.165, 1.54) is 6.20 Å². The minimum atomic E-state index is -4.50. The van der Waals surface area contributed by atoms with Crippen LogP contribution in [0.15, 0.2) is 10.7 Å². The maximum Gasteiger partial charge on any atom is 0.408 e. The molecular formula is C16H18BrF3N6. The lowest BCUT2D eigenvalue weighted by Gasteiger charge is -2.30. The molecule has 1 aliphatic heterocycles. The number of nitriles is 1. The van der Waals surface area contributed by atoms with Gasteiger partial charge in [0.05, 0.1) is 16.2 Å². The number of anilines is 1. The van der Waals surface area contributed by atoms with Gasteiger partial charge in [-0.3, -0.25) is 0 Å². The van der Waals surface area contributed by atoms with Crippen molar-refractivity contribution in [1.29, 1.82) is 5.26 Å². The molecule has 0 saturated carbocycles. The van der Waals surface area contributed by atoms with Gasteiger partial charge < -0.3 is 14.8 Å². The Morgan fingerprint density at radius 3 is 2.62 bits per heavy atom. The molecule has 0 amide bonds. The molecule has 1 fully saturated rings. The molecular weight excluding hydrogens is 413 g/mol. The zero-order valence-electron chi connectivity index (χ0n) is 14.3. The molecule has 1 aliphatic rings. The zero-order chi connectivity index (χ0) is 19.1. The van der Waals surface area contributed by atoms with Crippen LogP contribution < -0.4 is 5.32 Å². The van der Waals surface area contributed by atoms with Crippen LogP contribution in [0.4, 0.5) is 19.0 Å². The van der Waals surface area contributed by atoms with E-state index in [4.69, 9.17) is 0 Å². The van der Waals surface area contributed by atoms with Crippen molar-refractivity contribution in [3.63, 3.8) is 0 Å². The predicted molar refractivity (Wildman–Crippen MR) is 94.9 cm³/mol. The molecule has 10 heteroatoms. The summed E-state index contributed by atoms with van der Waals surface area (Å²) in [5.41, 5.74) is 0.468. The SMILES string of the molecule is CC(n1c(C#N)nc2cnc(NC3CCN(C)CC3)c(Br)c21)C(F)(F)F. The van der Waals surface area contributed by atoms with Gasteiger partial charge in [0.1, 0.15) is 23.4 Å². The van der Waals surface area contributed by atoms with E-state index in [2.05, 4.69) is 43.2 Å². The van der Waals surface area contributed by atoms with Crippen LogP contribution in [0.3, 0.4) is 0 Å². The average molecular weight is 431 g/mol. The first kappa shape index (κ1) is 18.9. The number of hydrogen-bond donors (Lipinski definition) is 1. The Morgan fingerprint density at radius 1 is 1.38 bits per heavy atom. The number of rotatable bonds is 3. The van der Waals surface area contributed by atoms with E-state index >= 15 is 0 Å². The van der Waals surface area contributed by atoms with Crippen molar-refractivity contribution in [3.8, 4) is 6.07 Å². The molecule has 1 unspecified atom stereocenters.